The van der Waals surface area contributed by atoms with Crippen molar-refractivity contribution in [3.05, 3.63) is 59.6 Å². The second-order valence-corrected chi connectivity index (χ2v) is 7.74. The average Bonchev–Trinajstić information content (AvgIpc) is 3.20. The Kier molecular flexibility index (Phi) is 7.17. The first-order valence-corrected chi connectivity index (χ1v) is 10.2. The van der Waals surface area contributed by atoms with Crippen molar-refractivity contribution in [3.8, 4) is 17.3 Å². The fraction of sp³-hybridized carbons (Fsp3) is 0.391. The van der Waals surface area contributed by atoms with Crippen LogP contribution in [0, 0.1) is 0 Å². The summed E-state index contributed by atoms with van der Waals surface area (Å²) >= 11 is 0. The minimum atomic E-state index is -0.0847. The zero-order valence-electron chi connectivity index (χ0n) is 17.9. The van der Waals surface area contributed by atoms with Crippen LogP contribution in [-0.2, 0) is 17.8 Å². The average molecular weight is 409 g/mol. The normalized spacial score (nSPS) is 11.1. The molecule has 0 spiro atoms. The molecule has 3 aromatic rings. The predicted octanol–water partition coefficient (Wildman–Crippen LogP) is 4.29. The van der Waals surface area contributed by atoms with Crippen LogP contribution in [-0.4, -0.2) is 27.1 Å². The Balaban J connectivity index is 1.46. The van der Waals surface area contributed by atoms with Gasteiger partial charge in [-0.15, -0.1) is 0 Å². The number of aryl methyl sites for hydroxylation is 1. The van der Waals surface area contributed by atoms with Crippen LogP contribution in [0.4, 0.5) is 0 Å². The maximum atomic E-state index is 12.1. The van der Waals surface area contributed by atoms with E-state index in [0.717, 1.165) is 11.1 Å². The van der Waals surface area contributed by atoms with Crippen molar-refractivity contribution in [3.63, 3.8) is 0 Å². The van der Waals surface area contributed by atoms with Crippen LogP contribution in [0.25, 0.3) is 11.4 Å². The molecule has 0 saturated heterocycles. The Hall–Kier alpha value is -3.22. The van der Waals surface area contributed by atoms with Crippen molar-refractivity contribution in [1.29, 1.82) is 0 Å². The minimum absolute atomic E-state index is 0.0765. The van der Waals surface area contributed by atoms with E-state index in [-0.39, 0.29) is 18.4 Å². The molecule has 0 fully saturated rings. The Morgan fingerprint density at radius 2 is 1.87 bits per heavy atom. The van der Waals surface area contributed by atoms with E-state index < -0.39 is 0 Å². The maximum Gasteiger partial charge on any atom is 0.227 e. The van der Waals surface area contributed by atoms with Gasteiger partial charge in [-0.2, -0.15) is 4.98 Å². The van der Waals surface area contributed by atoms with Crippen LogP contribution in [0.15, 0.2) is 47.1 Å². The fourth-order valence-electron chi connectivity index (χ4n) is 2.83. The number of nitrogens with one attached hydrogen (secondary N) is 1. The lowest BCUT2D eigenvalue weighted by Crippen LogP contribution is -2.23. The minimum Gasteiger partial charge on any atom is -0.475 e. The second kappa shape index (κ2) is 10.0. The molecule has 7 nitrogen and oxygen atoms in total. The van der Waals surface area contributed by atoms with E-state index >= 15 is 0 Å². The van der Waals surface area contributed by atoms with Gasteiger partial charge in [-0.1, -0.05) is 49.3 Å². The number of rotatable bonds is 9. The smallest absolute Gasteiger partial charge is 0.227 e. The summed E-state index contributed by atoms with van der Waals surface area (Å²) in [6.07, 6.45) is 2.44. The number of amides is 1. The van der Waals surface area contributed by atoms with Gasteiger partial charge < -0.3 is 14.6 Å². The van der Waals surface area contributed by atoms with Gasteiger partial charge in [0.1, 0.15) is 0 Å². The summed E-state index contributed by atoms with van der Waals surface area (Å²) in [5.41, 5.74) is 3.07. The van der Waals surface area contributed by atoms with Crippen molar-refractivity contribution in [2.24, 2.45) is 0 Å². The third-order valence-corrected chi connectivity index (χ3v) is 4.51. The fourth-order valence-corrected chi connectivity index (χ4v) is 2.83. The highest BCUT2D eigenvalue weighted by molar-refractivity contribution is 5.76. The summed E-state index contributed by atoms with van der Waals surface area (Å²) in [6.45, 7) is 8.61. The Bertz CT molecular complexity index is 947. The second-order valence-electron chi connectivity index (χ2n) is 7.74. The van der Waals surface area contributed by atoms with Crippen LogP contribution >= 0.6 is 0 Å². The number of ether oxygens (including phenoxy) is 1. The molecule has 2 heterocycles. The third-order valence-electron chi connectivity index (χ3n) is 4.51. The van der Waals surface area contributed by atoms with Gasteiger partial charge in [0.15, 0.2) is 0 Å². The number of nitrogens with zero attached hydrogens (tertiary/aromatic N) is 3. The molecule has 1 amide bonds. The SMILES string of the molecule is CC(C)Oc1ccc(CNC(=O)CCc2nc(-c3ccc(C(C)C)cc3)no2)cn1. The topological polar surface area (TPSA) is 90.1 Å². The summed E-state index contributed by atoms with van der Waals surface area (Å²) in [6, 6.07) is 11.8. The summed E-state index contributed by atoms with van der Waals surface area (Å²) in [7, 11) is 0. The molecule has 0 saturated carbocycles. The first kappa shape index (κ1) is 21.5. The Labute approximate surface area is 176 Å². The van der Waals surface area contributed by atoms with E-state index in [4.69, 9.17) is 9.26 Å². The molecule has 0 aliphatic heterocycles. The number of hydrogen-bond donors (Lipinski definition) is 1. The molecule has 0 aliphatic carbocycles. The lowest BCUT2D eigenvalue weighted by Gasteiger charge is -2.09. The molecule has 0 unspecified atom stereocenters. The monoisotopic (exact) mass is 408 g/mol. The van der Waals surface area contributed by atoms with Gasteiger partial charge in [-0.25, -0.2) is 4.98 Å². The molecule has 7 heteroatoms. The van der Waals surface area contributed by atoms with E-state index in [1.54, 1.807) is 12.3 Å². The van der Waals surface area contributed by atoms with E-state index in [0.29, 0.717) is 36.5 Å². The molecule has 158 valence electrons. The molecule has 1 aromatic carbocycles. The molecular weight excluding hydrogens is 380 g/mol. The van der Waals surface area contributed by atoms with Crippen LogP contribution < -0.4 is 10.1 Å². The van der Waals surface area contributed by atoms with Gasteiger partial charge in [0.25, 0.3) is 0 Å². The number of carbonyl (C=O) groups excluding carboxylic acids is 1. The molecular formula is C23H28N4O3. The van der Waals surface area contributed by atoms with Crippen LogP contribution in [0.3, 0.4) is 0 Å². The molecule has 30 heavy (non-hydrogen) atoms. The summed E-state index contributed by atoms with van der Waals surface area (Å²) in [5, 5.41) is 6.90. The van der Waals surface area contributed by atoms with Gasteiger partial charge >= 0.3 is 0 Å². The first-order valence-electron chi connectivity index (χ1n) is 10.2. The highest BCUT2D eigenvalue weighted by Gasteiger charge is 2.11. The highest BCUT2D eigenvalue weighted by Crippen LogP contribution is 2.20. The highest BCUT2D eigenvalue weighted by atomic mass is 16.5. The number of carbonyl (C=O) groups is 1. The molecule has 1 N–H and O–H groups in total. The van der Waals surface area contributed by atoms with Crippen LogP contribution in [0.1, 0.15) is 57.1 Å². The van der Waals surface area contributed by atoms with Crippen LogP contribution in [0.2, 0.25) is 0 Å². The number of pyridine rings is 1. The number of aromatic nitrogens is 3. The zero-order chi connectivity index (χ0) is 21.5. The lowest BCUT2D eigenvalue weighted by atomic mass is 10.0. The lowest BCUT2D eigenvalue weighted by molar-refractivity contribution is -0.121. The van der Waals surface area contributed by atoms with Crippen molar-refractivity contribution in [2.75, 3.05) is 0 Å². The molecule has 0 bridgehead atoms. The van der Waals surface area contributed by atoms with Gasteiger partial charge in [0.2, 0.25) is 23.5 Å². The van der Waals surface area contributed by atoms with E-state index in [1.165, 1.54) is 5.56 Å². The van der Waals surface area contributed by atoms with E-state index in [2.05, 4.69) is 46.4 Å². The summed E-state index contributed by atoms with van der Waals surface area (Å²) in [5.74, 6) is 1.95. The predicted molar refractivity (Wildman–Crippen MR) is 114 cm³/mol. The van der Waals surface area contributed by atoms with Gasteiger partial charge in [-0.05, 0) is 30.9 Å². The quantitative estimate of drug-likeness (QED) is 0.568. The number of hydrogen-bond acceptors (Lipinski definition) is 6. The Morgan fingerprint density at radius 1 is 1.10 bits per heavy atom. The number of benzene rings is 1. The van der Waals surface area contributed by atoms with Crippen molar-refractivity contribution >= 4 is 5.91 Å². The zero-order valence-corrected chi connectivity index (χ0v) is 17.9. The van der Waals surface area contributed by atoms with Gasteiger partial charge in [-0.3, -0.25) is 4.79 Å². The third kappa shape index (κ3) is 6.14. The van der Waals surface area contributed by atoms with Crippen molar-refractivity contribution in [2.45, 2.75) is 59.1 Å². The van der Waals surface area contributed by atoms with E-state index in [1.807, 2.05) is 32.0 Å². The first-order chi connectivity index (χ1) is 14.4. The molecule has 3 rings (SSSR count). The molecule has 0 radical (unpaired) electrons. The van der Waals surface area contributed by atoms with Crippen LogP contribution in [0.5, 0.6) is 5.88 Å². The van der Waals surface area contributed by atoms with E-state index in [9.17, 15) is 4.79 Å². The Morgan fingerprint density at radius 3 is 2.50 bits per heavy atom. The molecule has 2 aromatic heterocycles. The van der Waals surface area contributed by atoms with Gasteiger partial charge in [0, 0.05) is 37.2 Å². The van der Waals surface area contributed by atoms with Gasteiger partial charge in [0.05, 0.1) is 6.10 Å². The maximum absolute atomic E-state index is 12.1. The van der Waals surface area contributed by atoms with Crippen molar-refractivity contribution in [1.82, 2.24) is 20.4 Å². The standard InChI is InChI=1S/C23H28N4O3/c1-15(2)18-6-8-19(9-7-18)23-26-22(30-27-23)12-10-20(28)24-13-17-5-11-21(25-14-17)29-16(3)4/h5-9,11,14-16H,10,12-13H2,1-4H3,(H,24,28). The largest absolute Gasteiger partial charge is 0.475 e. The summed E-state index contributed by atoms with van der Waals surface area (Å²) in [4.78, 5) is 20.8. The summed E-state index contributed by atoms with van der Waals surface area (Å²) < 4.78 is 10.8. The van der Waals surface area contributed by atoms with Crippen molar-refractivity contribution < 1.29 is 14.1 Å². The molecule has 0 aliphatic rings. The molecule has 0 atom stereocenters.